The van der Waals surface area contributed by atoms with Gasteiger partial charge in [-0.25, -0.2) is 15.0 Å². The Morgan fingerprint density at radius 3 is 3.19 bits per heavy atom. The number of aromatic nitrogens is 4. The molecule has 0 amide bonds. The second kappa shape index (κ2) is 6.45. The van der Waals surface area contributed by atoms with E-state index in [4.69, 9.17) is 4.74 Å². The Balaban J connectivity index is 1.58. The van der Waals surface area contributed by atoms with E-state index in [2.05, 4.69) is 24.8 Å². The van der Waals surface area contributed by atoms with Crippen molar-refractivity contribution in [3.8, 4) is 0 Å². The normalized spacial score (nSPS) is 18.7. The molecule has 3 heterocycles. The second-order valence-electron chi connectivity index (χ2n) is 4.95. The number of rotatable bonds is 4. The highest BCUT2D eigenvalue weighted by atomic mass is 16.5. The van der Waals surface area contributed by atoms with E-state index in [0.717, 1.165) is 37.4 Å². The molecular weight excluding hydrogens is 270 g/mol. The minimum atomic E-state index is -0.118. The molecule has 7 nitrogen and oxygen atoms in total. The van der Waals surface area contributed by atoms with E-state index >= 15 is 0 Å². The SMILES string of the molecule is O=c1cc(CCC2CN(c3ccncn3)CCO2)nc[nH]1. The number of aryl methyl sites for hydroxylation is 1. The second-order valence-corrected chi connectivity index (χ2v) is 4.95. The largest absolute Gasteiger partial charge is 0.375 e. The highest BCUT2D eigenvalue weighted by Gasteiger charge is 2.21. The summed E-state index contributed by atoms with van der Waals surface area (Å²) < 4.78 is 5.78. The van der Waals surface area contributed by atoms with Crippen molar-refractivity contribution in [3.05, 3.63) is 47.0 Å². The maximum Gasteiger partial charge on any atom is 0.250 e. The van der Waals surface area contributed by atoms with Gasteiger partial charge in [-0.1, -0.05) is 0 Å². The lowest BCUT2D eigenvalue weighted by molar-refractivity contribution is 0.0350. The number of morpholine rings is 1. The van der Waals surface area contributed by atoms with Crippen LogP contribution < -0.4 is 10.5 Å². The summed E-state index contributed by atoms with van der Waals surface area (Å²) in [6.45, 7) is 2.30. The van der Waals surface area contributed by atoms with Crippen LogP contribution in [0.3, 0.4) is 0 Å². The molecule has 0 spiro atoms. The molecule has 3 rings (SSSR count). The minimum Gasteiger partial charge on any atom is -0.375 e. The highest BCUT2D eigenvalue weighted by molar-refractivity contribution is 5.37. The molecule has 1 aliphatic heterocycles. The van der Waals surface area contributed by atoms with Gasteiger partial charge >= 0.3 is 0 Å². The zero-order chi connectivity index (χ0) is 14.5. The van der Waals surface area contributed by atoms with Crippen LogP contribution in [0.25, 0.3) is 0 Å². The molecule has 1 unspecified atom stereocenters. The average Bonchev–Trinajstić information content (AvgIpc) is 2.54. The van der Waals surface area contributed by atoms with E-state index in [-0.39, 0.29) is 11.7 Å². The molecule has 0 aromatic carbocycles. The lowest BCUT2D eigenvalue weighted by Gasteiger charge is -2.33. The summed E-state index contributed by atoms with van der Waals surface area (Å²) in [5, 5.41) is 0. The van der Waals surface area contributed by atoms with Crippen LogP contribution in [0, 0.1) is 0 Å². The van der Waals surface area contributed by atoms with Gasteiger partial charge in [-0.05, 0) is 18.9 Å². The lowest BCUT2D eigenvalue weighted by atomic mass is 10.1. The van der Waals surface area contributed by atoms with Gasteiger partial charge in [-0.3, -0.25) is 4.79 Å². The zero-order valence-electron chi connectivity index (χ0n) is 11.6. The van der Waals surface area contributed by atoms with Crippen molar-refractivity contribution in [1.29, 1.82) is 0 Å². The summed E-state index contributed by atoms with van der Waals surface area (Å²) in [4.78, 5) is 28.3. The molecule has 110 valence electrons. The van der Waals surface area contributed by atoms with E-state index in [1.807, 2.05) is 6.07 Å². The third-order valence-corrected chi connectivity index (χ3v) is 3.49. The minimum absolute atomic E-state index is 0.118. The van der Waals surface area contributed by atoms with Crippen LogP contribution in [0.15, 0.2) is 35.8 Å². The number of H-pyrrole nitrogens is 1. The predicted molar refractivity (Wildman–Crippen MR) is 77.2 cm³/mol. The molecule has 2 aromatic rings. The quantitative estimate of drug-likeness (QED) is 0.876. The molecule has 1 atom stereocenters. The summed E-state index contributed by atoms with van der Waals surface area (Å²) in [7, 11) is 0. The third-order valence-electron chi connectivity index (χ3n) is 3.49. The van der Waals surface area contributed by atoms with Gasteiger partial charge in [0.1, 0.15) is 12.1 Å². The Morgan fingerprint density at radius 2 is 2.38 bits per heavy atom. The van der Waals surface area contributed by atoms with E-state index in [1.54, 1.807) is 12.5 Å². The van der Waals surface area contributed by atoms with Crippen LogP contribution in [-0.4, -0.2) is 45.7 Å². The van der Waals surface area contributed by atoms with Crippen LogP contribution in [0.1, 0.15) is 12.1 Å². The highest BCUT2D eigenvalue weighted by Crippen LogP contribution is 2.16. The molecule has 1 saturated heterocycles. The predicted octanol–water partition coefficient (Wildman–Crippen LogP) is 0.398. The first-order valence-electron chi connectivity index (χ1n) is 6.97. The van der Waals surface area contributed by atoms with Gasteiger partial charge in [0.25, 0.3) is 5.56 Å². The number of aromatic amines is 1. The molecule has 0 bridgehead atoms. The molecule has 1 aliphatic rings. The number of hydrogen-bond acceptors (Lipinski definition) is 6. The first kappa shape index (κ1) is 13.7. The lowest BCUT2D eigenvalue weighted by Crippen LogP contribution is -2.43. The molecule has 7 heteroatoms. The van der Waals surface area contributed by atoms with Crippen LogP contribution in [-0.2, 0) is 11.2 Å². The molecule has 1 N–H and O–H groups in total. The van der Waals surface area contributed by atoms with E-state index in [1.165, 1.54) is 12.4 Å². The Morgan fingerprint density at radius 1 is 1.43 bits per heavy atom. The standard InChI is InChI=1S/C14H17N5O2/c20-14-7-11(16-10-18-14)1-2-12-8-19(5-6-21-12)13-3-4-15-9-17-13/h3-4,7,9-10,12H,1-2,5-6,8H2,(H,16,18,20). The molecule has 0 saturated carbocycles. The Kier molecular flexibility index (Phi) is 4.20. The summed E-state index contributed by atoms with van der Waals surface area (Å²) in [5.74, 6) is 0.924. The smallest absolute Gasteiger partial charge is 0.250 e. The van der Waals surface area contributed by atoms with Crippen LogP contribution in [0.5, 0.6) is 0 Å². The van der Waals surface area contributed by atoms with Crippen molar-refractivity contribution in [2.75, 3.05) is 24.6 Å². The fourth-order valence-electron chi connectivity index (χ4n) is 2.43. The van der Waals surface area contributed by atoms with Gasteiger partial charge in [0.2, 0.25) is 0 Å². The van der Waals surface area contributed by atoms with Crippen molar-refractivity contribution in [1.82, 2.24) is 19.9 Å². The van der Waals surface area contributed by atoms with E-state index < -0.39 is 0 Å². The summed E-state index contributed by atoms with van der Waals surface area (Å²) >= 11 is 0. The van der Waals surface area contributed by atoms with E-state index in [9.17, 15) is 4.79 Å². The average molecular weight is 287 g/mol. The number of hydrogen-bond donors (Lipinski definition) is 1. The Hall–Kier alpha value is -2.28. The molecular formula is C14H17N5O2. The Labute approximate surface area is 122 Å². The van der Waals surface area contributed by atoms with Crippen molar-refractivity contribution in [2.24, 2.45) is 0 Å². The number of ether oxygens (including phenoxy) is 1. The van der Waals surface area contributed by atoms with Gasteiger partial charge < -0.3 is 14.6 Å². The van der Waals surface area contributed by atoms with Crippen LogP contribution >= 0.6 is 0 Å². The molecule has 2 aromatic heterocycles. The fraction of sp³-hybridized carbons (Fsp3) is 0.429. The molecule has 21 heavy (non-hydrogen) atoms. The van der Waals surface area contributed by atoms with Crippen LogP contribution in [0.2, 0.25) is 0 Å². The summed E-state index contributed by atoms with van der Waals surface area (Å²) in [6, 6.07) is 3.44. The van der Waals surface area contributed by atoms with Crippen LogP contribution in [0.4, 0.5) is 5.82 Å². The Bertz CT molecular complexity index is 631. The first-order chi connectivity index (χ1) is 10.3. The summed E-state index contributed by atoms with van der Waals surface area (Å²) in [6.07, 6.45) is 6.42. The van der Waals surface area contributed by atoms with Crippen molar-refractivity contribution in [3.63, 3.8) is 0 Å². The maximum absolute atomic E-state index is 11.2. The third kappa shape index (κ3) is 3.63. The molecule has 0 radical (unpaired) electrons. The topological polar surface area (TPSA) is 84.0 Å². The fourth-order valence-corrected chi connectivity index (χ4v) is 2.43. The zero-order valence-corrected chi connectivity index (χ0v) is 11.6. The van der Waals surface area contributed by atoms with E-state index in [0.29, 0.717) is 6.61 Å². The van der Waals surface area contributed by atoms with Gasteiger partial charge in [0.15, 0.2) is 0 Å². The van der Waals surface area contributed by atoms with Gasteiger partial charge in [0, 0.05) is 31.0 Å². The molecule has 0 aliphatic carbocycles. The van der Waals surface area contributed by atoms with Crippen molar-refractivity contribution in [2.45, 2.75) is 18.9 Å². The monoisotopic (exact) mass is 287 g/mol. The summed E-state index contributed by atoms with van der Waals surface area (Å²) in [5.41, 5.74) is 0.675. The van der Waals surface area contributed by atoms with Gasteiger partial charge in [-0.15, -0.1) is 0 Å². The number of anilines is 1. The first-order valence-corrected chi connectivity index (χ1v) is 6.97. The molecule has 1 fully saturated rings. The maximum atomic E-state index is 11.2. The number of nitrogens with zero attached hydrogens (tertiary/aromatic N) is 4. The van der Waals surface area contributed by atoms with Crippen molar-refractivity contribution >= 4 is 5.82 Å². The van der Waals surface area contributed by atoms with Gasteiger partial charge in [-0.2, -0.15) is 0 Å². The van der Waals surface area contributed by atoms with Crippen molar-refractivity contribution < 1.29 is 4.74 Å². The number of nitrogens with one attached hydrogen (secondary N) is 1. The van der Waals surface area contributed by atoms with Gasteiger partial charge in [0.05, 0.1) is 19.0 Å².